The highest BCUT2D eigenvalue weighted by molar-refractivity contribution is 7.90. The summed E-state index contributed by atoms with van der Waals surface area (Å²) in [5, 5.41) is -0.0984. The van der Waals surface area contributed by atoms with Gasteiger partial charge in [0.05, 0.1) is 32.8 Å². The van der Waals surface area contributed by atoms with E-state index in [1.807, 2.05) is 0 Å². The number of rotatable bonds is 4. The SMILES string of the molecule is COC(=O)Cn1c(=NC(=O)c2ccc(F)cc2Cl)sc2cc(S(C)(=O)=O)ccc21. The van der Waals surface area contributed by atoms with Crippen molar-refractivity contribution in [3.63, 3.8) is 0 Å². The van der Waals surface area contributed by atoms with Crippen molar-refractivity contribution in [3.8, 4) is 0 Å². The molecule has 0 saturated heterocycles. The van der Waals surface area contributed by atoms with Crippen LogP contribution in [0, 0.1) is 5.82 Å². The van der Waals surface area contributed by atoms with Crippen LogP contribution in [0.25, 0.3) is 10.2 Å². The molecule has 0 saturated carbocycles. The summed E-state index contributed by atoms with van der Waals surface area (Å²) >= 11 is 6.95. The number of halogens is 2. The van der Waals surface area contributed by atoms with Gasteiger partial charge in [0.25, 0.3) is 5.91 Å². The van der Waals surface area contributed by atoms with E-state index < -0.39 is 27.5 Å². The van der Waals surface area contributed by atoms with Crippen molar-refractivity contribution in [1.82, 2.24) is 4.57 Å². The van der Waals surface area contributed by atoms with Crippen LogP contribution >= 0.6 is 22.9 Å². The summed E-state index contributed by atoms with van der Waals surface area (Å²) in [5.74, 6) is -1.91. The molecule has 152 valence electrons. The summed E-state index contributed by atoms with van der Waals surface area (Å²) in [4.78, 5) is 28.6. The Morgan fingerprint density at radius 2 is 1.97 bits per heavy atom. The zero-order chi connectivity index (χ0) is 21.3. The molecule has 1 amide bonds. The number of benzene rings is 2. The molecular weight excluding hydrogens is 443 g/mol. The lowest BCUT2D eigenvalue weighted by atomic mass is 10.2. The summed E-state index contributed by atoms with van der Waals surface area (Å²) in [6.07, 6.45) is 1.08. The van der Waals surface area contributed by atoms with Crippen molar-refractivity contribution in [2.45, 2.75) is 11.4 Å². The Morgan fingerprint density at radius 1 is 1.24 bits per heavy atom. The van der Waals surface area contributed by atoms with Gasteiger partial charge in [-0.1, -0.05) is 22.9 Å². The summed E-state index contributed by atoms with van der Waals surface area (Å²) in [5.41, 5.74) is 0.497. The Balaban J connectivity index is 2.21. The summed E-state index contributed by atoms with van der Waals surface area (Å²) in [6, 6.07) is 7.66. The lowest BCUT2D eigenvalue weighted by Crippen LogP contribution is -2.22. The molecule has 0 aliphatic heterocycles. The lowest BCUT2D eigenvalue weighted by molar-refractivity contribution is -0.141. The third-order valence-corrected chi connectivity index (χ3v) is 6.42. The fraction of sp³-hybridized carbons (Fsp3) is 0.167. The first kappa shape index (κ1) is 21.2. The predicted molar refractivity (Wildman–Crippen MR) is 106 cm³/mol. The summed E-state index contributed by atoms with van der Waals surface area (Å²) < 4.78 is 43.5. The van der Waals surface area contributed by atoms with Crippen molar-refractivity contribution in [1.29, 1.82) is 0 Å². The van der Waals surface area contributed by atoms with Crippen molar-refractivity contribution >= 4 is 54.9 Å². The van der Waals surface area contributed by atoms with E-state index in [0.717, 1.165) is 29.7 Å². The van der Waals surface area contributed by atoms with Crippen LogP contribution in [0.1, 0.15) is 10.4 Å². The summed E-state index contributed by atoms with van der Waals surface area (Å²) in [7, 11) is -2.22. The molecule has 0 fully saturated rings. The van der Waals surface area contributed by atoms with Crippen LogP contribution in [0.5, 0.6) is 0 Å². The lowest BCUT2D eigenvalue weighted by Gasteiger charge is -2.04. The van der Waals surface area contributed by atoms with Gasteiger partial charge in [-0.05, 0) is 36.4 Å². The Labute approximate surface area is 173 Å². The van der Waals surface area contributed by atoms with E-state index in [1.165, 1.54) is 35.9 Å². The third kappa shape index (κ3) is 4.55. The molecule has 0 atom stereocenters. The molecule has 3 aromatic rings. The number of aromatic nitrogens is 1. The number of carbonyl (C=O) groups is 2. The van der Waals surface area contributed by atoms with E-state index in [-0.39, 0.29) is 26.8 Å². The van der Waals surface area contributed by atoms with E-state index in [1.54, 1.807) is 0 Å². The maximum absolute atomic E-state index is 13.2. The van der Waals surface area contributed by atoms with E-state index in [2.05, 4.69) is 9.73 Å². The van der Waals surface area contributed by atoms with Crippen LogP contribution in [-0.2, 0) is 25.9 Å². The first-order valence-electron chi connectivity index (χ1n) is 8.04. The fourth-order valence-electron chi connectivity index (χ4n) is 2.53. The van der Waals surface area contributed by atoms with Gasteiger partial charge in [-0.25, -0.2) is 12.8 Å². The van der Waals surface area contributed by atoms with E-state index in [0.29, 0.717) is 10.2 Å². The molecule has 0 radical (unpaired) electrons. The maximum Gasteiger partial charge on any atom is 0.325 e. The molecule has 7 nitrogen and oxygen atoms in total. The predicted octanol–water partition coefficient (Wildman–Crippen LogP) is 2.81. The molecule has 0 aliphatic rings. The Bertz CT molecular complexity index is 1310. The van der Waals surface area contributed by atoms with Crippen LogP contribution in [0.15, 0.2) is 46.3 Å². The highest BCUT2D eigenvalue weighted by Gasteiger charge is 2.16. The summed E-state index contributed by atoms with van der Waals surface area (Å²) in [6.45, 7) is -0.238. The number of amides is 1. The number of esters is 1. The number of methoxy groups -OCH3 is 1. The number of thiazole rings is 1. The smallest absolute Gasteiger partial charge is 0.325 e. The molecule has 0 unspecified atom stereocenters. The monoisotopic (exact) mass is 456 g/mol. The van der Waals surface area contributed by atoms with Crippen molar-refractivity contribution in [2.75, 3.05) is 13.4 Å². The van der Waals surface area contributed by atoms with Gasteiger partial charge in [0, 0.05) is 6.26 Å². The zero-order valence-corrected chi connectivity index (χ0v) is 17.6. The molecule has 1 heterocycles. The molecule has 3 rings (SSSR count). The largest absolute Gasteiger partial charge is 0.468 e. The molecular formula is C18H14ClFN2O5S2. The van der Waals surface area contributed by atoms with Crippen molar-refractivity contribution in [3.05, 3.63) is 57.6 Å². The van der Waals surface area contributed by atoms with Crippen LogP contribution in [0.2, 0.25) is 5.02 Å². The van der Waals surface area contributed by atoms with E-state index in [9.17, 15) is 22.4 Å². The Kier molecular flexibility index (Phi) is 5.87. The van der Waals surface area contributed by atoms with Crippen LogP contribution < -0.4 is 4.80 Å². The van der Waals surface area contributed by atoms with Gasteiger partial charge in [0.2, 0.25) is 0 Å². The number of hydrogen-bond donors (Lipinski definition) is 0. The zero-order valence-electron chi connectivity index (χ0n) is 15.2. The van der Waals surface area contributed by atoms with Gasteiger partial charge in [0.1, 0.15) is 12.4 Å². The highest BCUT2D eigenvalue weighted by atomic mass is 35.5. The van der Waals surface area contributed by atoms with Crippen molar-refractivity contribution in [2.24, 2.45) is 4.99 Å². The van der Waals surface area contributed by atoms with Crippen molar-refractivity contribution < 1.29 is 27.1 Å². The standard InChI is InChI=1S/C18H14ClFN2O5S2/c1-27-16(23)9-22-14-6-4-11(29(2,25)26)8-15(14)28-18(22)21-17(24)12-5-3-10(20)7-13(12)19/h3-8H,9H2,1-2H3. The average Bonchev–Trinajstić information content (AvgIpc) is 2.97. The first-order valence-corrected chi connectivity index (χ1v) is 11.1. The van der Waals surface area contributed by atoms with Gasteiger partial charge >= 0.3 is 5.97 Å². The second kappa shape index (κ2) is 8.05. The minimum Gasteiger partial charge on any atom is -0.468 e. The van der Waals surface area contributed by atoms with Gasteiger partial charge < -0.3 is 9.30 Å². The topological polar surface area (TPSA) is 94.8 Å². The normalized spacial score (nSPS) is 12.3. The van der Waals surface area contributed by atoms with Gasteiger partial charge in [-0.15, -0.1) is 0 Å². The number of hydrogen-bond acceptors (Lipinski definition) is 6. The van der Waals surface area contributed by atoms with Crippen LogP contribution in [-0.4, -0.2) is 38.2 Å². The molecule has 0 spiro atoms. The van der Waals surface area contributed by atoms with Crippen LogP contribution in [0.3, 0.4) is 0 Å². The van der Waals surface area contributed by atoms with Gasteiger partial charge in [0.15, 0.2) is 14.6 Å². The van der Waals surface area contributed by atoms with Crippen LogP contribution in [0.4, 0.5) is 4.39 Å². The number of sulfone groups is 1. The third-order valence-electron chi connectivity index (χ3n) is 3.96. The average molecular weight is 457 g/mol. The number of fused-ring (bicyclic) bond motifs is 1. The Morgan fingerprint density at radius 3 is 2.59 bits per heavy atom. The second-order valence-electron chi connectivity index (χ2n) is 5.99. The Hall–Kier alpha value is -2.56. The van der Waals surface area contributed by atoms with E-state index in [4.69, 9.17) is 11.6 Å². The second-order valence-corrected chi connectivity index (χ2v) is 9.42. The highest BCUT2D eigenvalue weighted by Crippen LogP contribution is 2.23. The molecule has 2 aromatic carbocycles. The number of carbonyl (C=O) groups excluding carboxylic acids is 2. The number of ether oxygens (including phenoxy) is 1. The minimum absolute atomic E-state index is 0.00744. The van der Waals surface area contributed by atoms with E-state index >= 15 is 0 Å². The quantitative estimate of drug-likeness (QED) is 0.562. The molecule has 29 heavy (non-hydrogen) atoms. The molecule has 11 heteroatoms. The fourth-order valence-corrected chi connectivity index (χ4v) is 4.56. The molecule has 0 N–H and O–H groups in total. The molecule has 1 aromatic heterocycles. The minimum atomic E-state index is -3.45. The molecule has 0 aliphatic carbocycles. The van der Waals surface area contributed by atoms with Gasteiger partial charge in [-0.2, -0.15) is 4.99 Å². The molecule has 0 bridgehead atoms. The van der Waals surface area contributed by atoms with Gasteiger partial charge in [-0.3, -0.25) is 9.59 Å². The maximum atomic E-state index is 13.2. The first-order chi connectivity index (χ1) is 13.6. The number of nitrogens with zero attached hydrogens (tertiary/aromatic N) is 2.